The first kappa shape index (κ1) is 11.1. The first-order chi connectivity index (χ1) is 8.28. The standard InChI is InChI=1S/C15H12N2/c1-12-5-7-15(8-6-12)17-11-14-4-2-3-13(9-14)10-16/h2-9,11H,1H3/b17-11+. The summed E-state index contributed by atoms with van der Waals surface area (Å²) in [4.78, 5) is 4.36. The lowest BCUT2D eigenvalue weighted by molar-refractivity contribution is 1.43. The van der Waals surface area contributed by atoms with Crippen LogP contribution in [0.5, 0.6) is 0 Å². The molecule has 0 saturated heterocycles. The third-order valence-electron chi connectivity index (χ3n) is 2.41. The maximum Gasteiger partial charge on any atom is 0.0991 e. The molecule has 0 fully saturated rings. The molecule has 0 unspecified atom stereocenters. The highest BCUT2D eigenvalue weighted by Gasteiger charge is 1.92. The van der Waals surface area contributed by atoms with E-state index in [9.17, 15) is 0 Å². The van der Waals surface area contributed by atoms with Gasteiger partial charge in [-0.1, -0.05) is 29.8 Å². The molecule has 0 aliphatic rings. The SMILES string of the molecule is Cc1ccc(/N=C/c2cccc(C#N)c2)cc1. The third-order valence-corrected chi connectivity index (χ3v) is 2.41. The summed E-state index contributed by atoms with van der Waals surface area (Å²) in [7, 11) is 0. The van der Waals surface area contributed by atoms with Crippen molar-refractivity contribution in [2.24, 2.45) is 4.99 Å². The highest BCUT2D eigenvalue weighted by atomic mass is 14.7. The lowest BCUT2D eigenvalue weighted by atomic mass is 10.1. The molecular weight excluding hydrogens is 208 g/mol. The van der Waals surface area contributed by atoms with Gasteiger partial charge in [-0.15, -0.1) is 0 Å². The van der Waals surface area contributed by atoms with Gasteiger partial charge in [0.1, 0.15) is 0 Å². The molecule has 0 spiro atoms. The smallest absolute Gasteiger partial charge is 0.0991 e. The van der Waals surface area contributed by atoms with Gasteiger partial charge < -0.3 is 0 Å². The van der Waals surface area contributed by atoms with E-state index in [1.54, 1.807) is 12.3 Å². The van der Waals surface area contributed by atoms with Gasteiger partial charge in [0.25, 0.3) is 0 Å². The van der Waals surface area contributed by atoms with E-state index < -0.39 is 0 Å². The first-order valence-corrected chi connectivity index (χ1v) is 5.39. The fourth-order valence-electron chi connectivity index (χ4n) is 1.47. The Labute approximate surface area is 101 Å². The summed E-state index contributed by atoms with van der Waals surface area (Å²) in [5, 5.41) is 8.78. The maximum absolute atomic E-state index is 8.78. The van der Waals surface area contributed by atoms with Crippen LogP contribution in [0.15, 0.2) is 53.5 Å². The van der Waals surface area contributed by atoms with Gasteiger partial charge in [-0.05, 0) is 36.8 Å². The van der Waals surface area contributed by atoms with E-state index in [2.05, 4.69) is 11.1 Å². The molecular formula is C15H12N2. The summed E-state index contributed by atoms with van der Waals surface area (Å²) < 4.78 is 0. The summed E-state index contributed by atoms with van der Waals surface area (Å²) in [5.41, 5.74) is 3.72. The van der Waals surface area contributed by atoms with Crippen molar-refractivity contribution in [3.05, 3.63) is 65.2 Å². The van der Waals surface area contributed by atoms with Crippen molar-refractivity contribution in [2.75, 3.05) is 0 Å². The van der Waals surface area contributed by atoms with Crippen LogP contribution in [0, 0.1) is 18.3 Å². The van der Waals surface area contributed by atoms with Crippen LogP contribution < -0.4 is 0 Å². The molecule has 2 nitrogen and oxygen atoms in total. The summed E-state index contributed by atoms with van der Waals surface area (Å²) in [5.74, 6) is 0. The second-order valence-corrected chi connectivity index (χ2v) is 3.83. The van der Waals surface area contributed by atoms with Crippen molar-refractivity contribution in [2.45, 2.75) is 6.92 Å². The molecule has 2 heteroatoms. The Hall–Kier alpha value is -2.40. The van der Waals surface area contributed by atoms with E-state index in [1.165, 1.54) is 5.56 Å². The molecule has 0 bridgehead atoms. The van der Waals surface area contributed by atoms with E-state index in [0.29, 0.717) is 5.56 Å². The van der Waals surface area contributed by atoms with Crippen molar-refractivity contribution in [1.29, 1.82) is 5.26 Å². The predicted octanol–water partition coefficient (Wildman–Crippen LogP) is 3.62. The van der Waals surface area contributed by atoms with Crippen molar-refractivity contribution in [3.8, 4) is 6.07 Å². The van der Waals surface area contributed by atoms with Gasteiger partial charge in [-0.3, -0.25) is 4.99 Å². The monoisotopic (exact) mass is 220 g/mol. The summed E-state index contributed by atoms with van der Waals surface area (Å²) in [6.45, 7) is 2.05. The molecule has 82 valence electrons. The highest BCUT2D eigenvalue weighted by molar-refractivity contribution is 5.82. The van der Waals surface area contributed by atoms with Gasteiger partial charge in [0, 0.05) is 6.21 Å². The number of nitriles is 1. The van der Waals surface area contributed by atoms with Gasteiger partial charge >= 0.3 is 0 Å². The van der Waals surface area contributed by atoms with Gasteiger partial charge in [-0.25, -0.2) is 0 Å². The minimum Gasteiger partial charge on any atom is -0.256 e. The largest absolute Gasteiger partial charge is 0.256 e. The summed E-state index contributed by atoms with van der Waals surface area (Å²) in [6, 6.07) is 17.5. The van der Waals surface area contributed by atoms with E-state index in [1.807, 2.05) is 49.4 Å². The lowest BCUT2D eigenvalue weighted by Gasteiger charge is -1.96. The van der Waals surface area contributed by atoms with Gasteiger partial charge in [-0.2, -0.15) is 5.26 Å². The van der Waals surface area contributed by atoms with Crippen LogP contribution in [0.3, 0.4) is 0 Å². The molecule has 0 heterocycles. The Morgan fingerprint density at radius 3 is 2.59 bits per heavy atom. The number of hydrogen-bond acceptors (Lipinski definition) is 2. The quantitative estimate of drug-likeness (QED) is 0.712. The predicted molar refractivity (Wildman–Crippen MR) is 69.6 cm³/mol. The zero-order valence-corrected chi connectivity index (χ0v) is 9.59. The van der Waals surface area contributed by atoms with E-state index in [0.717, 1.165) is 11.3 Å². The zero-order chi connectivity index (χ0) is 12.1. The van der Waals surface area contributed by atoms with Crippen LogP contribution in [0.25, 0.3) is 0 Å². The number of aryl methyl sites for hydroxylation is 1. The molecule has 0 N–H and O–H groups in total. The average molecular weight is 220 g/mol. The normalized spacial score (nSPS) is 10.4. The van der Waals surface area contributed by atoms with E-state index >= 15 is 0 Å². The Kier molecular flexibility index (Phi) is 3.32. The fourth-order valence-corrected chi connectivity index (χ4v) is 1.47. The second kappa shape index (κ2) is 5.09. The average Bonchev–Trinajstić information content (AvgIpc) is 2.38. The van der Waals surface area contributed by atoms with Crippen LogP contribution in [-0.4, -0.2) is 6.21 Å². The summed E-state index contributed by atoms with van der Waals surface area (Å²) in [6.07, 6.45) is 1.77. The maximum atomic E-state index is 8.78. The number of aliphatic imine (C=N–C) groups is 1. The topological polar surface area (TPSA) is 36.1 Å². The molecule has 0 amide bonds. The zero-order valence-electron chi connectivity index (χ0n) is 9.59. The van der Waals surface area contributed by atoms with Crippen LogP contribution in [0.1, 0.15) is 16.7 Å². The van der Waals surface area contributed by atoms with Crippen LogP contribution >= 0.6 is 0 Å². The van der Waals surface area contributed by atoms with Gasteiger partial charge in [0.15, 0.2) is 0 Å². The molecule has 0 saturated carbocycles. The summed E-state index contributed by atoms with van der Waals surface area (Å²) >= 11 is 0. The first-order valence-electron chi connectivity index (χ1n) is 5.39. The minimum absolute atomic E-state index is 0.651. The molecule has 2 aromatic rings. The van der Waals surface area contributed by atoms with Crippen molar-refractivity contribution in [3.63, 3.8) is 0 Å². The van der Waals surface area contributed by atoms with Crippen molar-refractivity contribution >= 4 is 11.9 Å². The molecule has 2 rings (SSSR count). The van der Waals surface area contributed by atoms with E-state index in [-0.39, 0.29) is 0 Å². The molecule has 17 heavy (non-hydrogen) atoms. The number of benzene rings is 2. The van der Waals surface area contributed by atoms with Crippen molar-refractivity contribution < 1.29 is 0 Å². The number of nitrogens with zero attached hydrogens (tertiary/aromatic N) is 2. The third kappa shape index (κ3) is 3.02. The minimum atomic E-state index is 0.651. The Balaban J connectivity index is 2.20. The van der Waals surface area contributed by atoms with E-state index in [4.69, 9.17) is 5.26 Å². The van der Waals surface area contributed by atoms with Crippen LogP contribution in [0.2, 0.25) is 0 Å². The van der Waals surface area contributed by atoms with Crippen molar-refractivity contribution in [1.82, 2.24) is 0 Å². The Morgan fingerprint density at radius 2 is 1.88 bits per heavy atom. The number of hydrogen-bond donors (Lipinski definition) is 0. The molecule has 0 atom stereocenters. The number of rotatable bonds is 2. The molecule has 2 aromatic carbocycles. The fraction of sp³-hybridized carbons (Fsp3) is 0.0667. The van der Waals surface area contributed by atoms with Crippen LogP contribution in [0.4, 0.5) is 5.69 Å². The molecule has 0 aliphatic carbocycles. The lowest BCUT2D eigenvalue weighted by Crippen LogP contribution is -1.82. The molecule has 0 aromatic heterocycles. The Morgan fingerprint density at radius 1 is 1.12 bits per heavy atom. The van der Waals surface area contributed by atoms with Gasteiger partial charge in [0.05, 0.1) is 17.3 Å². The molecule has 0 radical (unpaired) electrons. The van der Waals surface area contributed by atoms with Gasteiger partial charge in [0.2, 0.25) is 0 Å². The Bertz CT molecular complexity index is 575. The second-order valence-electron chi connectivity index (χ2n) is 3.83. The van der Waals surface area contributed by atoms with Crippen LogP contribution in [-0.2, 0) is 0 Å². The highest BCUT2D eigenvalue weighted by Crippen LogP contribution is 2.12. The molecule has 0 aliphatic heterocycles.